The largest absolute Gasteiger partial charge is 0.350 e. The SMILES string of the molecule is CC(NC(=O)CCCN)c1ccc(NC(=O)c2ccc(F)cc2)cc1. The molecule has 2 amide bonds. The molecule has 0 saturated carbocycles. The highest BCUT2D eigenvalue weighted by Crippen LogP contribution is 2.17. The van der Waals surface area contributed by atoms with Crippen LogP contribution in [0.25, 0.3) is 0 Å². The average molecular weight is 343 g/mol. The van der Waals surface area contributed by atoms with Crippen molar-refractivity contribution in [2.45, 2.75) is 25.8 Å². The molecule has 0 aliphatic carbocycles. The van der Waals surface area contributed by atoms with Crippen molar-refractivity contribution in [1.82, 2.24) is 5.32 Å². The maximum Gasteiger partial charge on any atom is 0.255 e. The minimum absolute atomic E-state index is 0.0355. The molecule has 6 heteroatoms. The van der Waals surface area contributed by atoms with E-state index in [1.54, 1.807) is 12.1 Å². The van der Waals surface area contributed by atoms with Crippen LogP contribution in [-0.2, 0) is 4.79 Å². The van der Waals surface area contributed by atoms with E-state index in [9.17, 15) is 14.0 Å². The average Bonchev–Trinajstić information content (AvgIpc) is 2.61. The Kier molecular flexibility index (Phi) is 6.65. The third kappa shape index (κ3) is 5.69. The summed E-state index contributed by atoms with van der Waals surface area (Å²) in [5, 5.41) is 5.65. The Balaban J connectivity index is 1.93. The van der Waals surface area contributed by atoms with Crippen LogP contribution in [-0.4, -0.2) is 18.4 Å². The van der Waals surface area contributed by atoms with Crippen LogP contribution in [0, 0.1) is 5.82 Å². The van der Waals surface area contributed by atoms with Gasteiger partial charge in [0.05, 0.1) is 6.04 Å². The highest BCUT2D eigenvalue weighted by Gasteiger charge is 2.10. The smallest absolute Gasteiger partial charge is 0.255 e. The second-order valence-electron chi connectivity index (χ2n) is 5.76. The number of carbonyl (C=O) groups is 2. The molecule has 0 aliphatic rings. The number of benzene rings is 2. The number of carbonyl (C=O) groups excluding carboxylic acids is 2. The fourth-order valence-corrected chi connectivity index (χ4v) is 2.32. The monoisotopic (exact) mass is 343 g/mol. The lowest BCUT2D eigenvalue weighted by Gasteiger charge is -2.15. The molecular weight excluding hydrogens is 321 g/mol. The third-order valence-corrected chi connectivity index (χ3v) is 3.76. The summed E-state index contributed by atoms with van der Waals surface area (Å²) in [6.07, 6.45) is 1.07. The molecule has 1 atom stereocenters. The molecule has 0 aromatic heterocycles. The molecular formula is C19H22FN3O2. The van der Waals surface area contributed by atoms with Gasteiger partial charge in [0.1, 0.15) is 5.82 Å². The fraction of sp³-hybridized carbons (Fsp3) is 0.263. The van der Waals surface area contributed by atoms with Gasteiger partial charge in [-0.05, 0) is 61.9 Å². The van der Waals surface area contributed by atoms with Crippen LogP contribution in [0.2, 0.25) is 0 Å². The second kappa shape index (κ2) is 8.94. The van der Waals surface area contributed by atoms with E-state index < -0.39 is 0 Å². The zero-order chi connectivity index (χ0) is 18.2. The highest BCUT2D eigenvalue weighted by molar-refractivity contribution is 6.04. The summed E-state index contributed by atoms with van der Waals surface area (Å²) < 4.78 is 12.9. The molecule has 0 fully saturated rings. The van der Waals surface area contributed by atoms with Crippen LogP contribution in [0.1, 0.15) is 41.7 Å². The van der Waals surface area contributed by atoms with Crippen molar-refractivity contribution in [2.75, 3.05) is 11.9 Å². The summed E-state index contributed by atoms with van der Waals surface area (Å²) in [6.45, 7) is 2.39. The maximum absolute atomic E-state index is 12.9. The van der Waals surface area contributed by atoms with Gasteiger partial charge in [-0.15, -0.1) is 0 Å². The van der Waals surface area contributed by atoms with Crippen molar-refractivity contribution >= 4 is 17.5 Å². The highest BCUT2D eigenvalue weighted by atomic mass is 19.1. The van der Waals surface area contributed by atoms with Gasteiger partial charge in [-0.25, -0.2) is 4.39 Å². The van der Waals surface area contributed by atoms with Crippen molar-refractivity contribution in [3.05, 3.63) is 65.5 Å². The maximum atomic E-state index is 12.9. The summed E-state index contributed by atoms with van der Waals surface area (Å²) >= 11 is 0. The molecule has 5 nitrogen and oxygen atoms in total. The molecule has 25 heavy (non-hydrogen) atoms. The Hall–Kier alpha value is -2.73. The topological polar surface area (TPSA) is 84.2 Å². The first-order chi connectivity index (χ1) is 12.0. The van der Waals surface area contributed by atoms with Crippen molar-refractivity contribution in [2.24, 2.45) is 5.73 Å². The Labute approximate surface area is 146 Å². The molecule has 0 bridgehead atoms. The normalized spacial score (nSPS) is 11.6. The zero-order valence-electron chi connectivity index (χ0n) is 14.1. The molecule has 2 rings (SSSR count). The van der Waals surface area contributed by atoms with Crippen LogP contribution >= 0.6 is 0 Å². The number of amides is 2. The summed E-state index contributed by atoms with van der Waals surface area (Å²) in [5.41, 5.74) is 7.33. The van der Waals surface area contributed by atoms with E-state index in [4.69, 9.17) is 5.73 Å². The van der Waals surface area contributed by atoms with Gasteiger partial charge in [-0.2, -0.15) is 0 Å². The van der Waals surface area contributed by atoms with E-state index >= 15 is 0 Å². The number of anilines is 1. The lowest BCUT2D eigenvalue weighted by atomic mass is 10.1. The van der Waals surface area contributed by atoms with Crippen LogP contribution in [0.5, 0.6) is 0 Å². The van der Waals surface area contributed by atoms with Crippen LogP contribution in [0.4, 0.5) is 10.1 Å². The van der Waals surface area contributed by atoms with Gasteiger partial charge in [0, 0.05) is 17.7 Å². The first kappa shape index (κ1) is 18.6. The molecule has 132 valence electrons. The lowest BCUT2D eigenvalue weighted by Crippen LogP contribution is -2.26. The fourth-order valence-electron chi connectivity index (χ4n) is 2.32. The molecule has 0 aliphatic heterocycles. The first-order valence-corrected chi connectivity index (χ1v) is 8.16. The van der Waals surface area contributed by atoms with Gasteiger partial charge < -0.3 is 16.4 Å². The van der Waals surface area contributed by atoms with E-state index in [1.807, 2.05) is 19.1 Å². The Bertz CT molecular complexity index is 714. The second-order valence-corrected chi connectivity index (χ2v) is 5.76. The van der Waals surface area contributed by atoms with Gasteiger partial charge in [-0.3, -0.25) is 9.59 Å². The predicted molar refractivity (Wildman–Crippen MR) is 95.6 cm³/mol. The minimum Gasteiger partial charge on any atom is -0.350 e. The summed E-state index contributed by atoms with van der Waals surface area (Å²) in [7, 11) is 0. The molecule has 0 heterocycles. The summed E-state index contributed by atoms with van der Waals surface area (Å²) in [5.74, 6) is -0.731. The van der Waals surface area contributed by atoms with Gasteiger partial charge in [0.25, 0.3) is 5.91 Å². The molecule has 4 N–H and O–H groups in total. The van der Waals surface area contributed by atoms with E-state index in [0.29, 0.717) is 30.6 Å². The van der Waals surface area contributed by atoms with Gasteiger partial charge >= 0.3 is 0 Å². The molecule has 2 aromatic rings. The zero-order valence-corrected chi connectivity index (χ0v) is 14.1. The Morgan fingerprint density at radius 1 is 1.08 bits per heavy atom. The minimum atomic E-state index is -0.386. The Morgan fingerprint density at radius 2 is 1.72 bits per heavy atom. The lowest BCUT2D eigenvalue weighted by molar-refractivity contribution is -0.121. The van der Waals surface area contributed by atoms with Crippen LogP contribution < -0.4 is 16.4 Å². The van der Waals surface area contributed by atoms with E-state index in [2.05, 4.69) is 10.6 Å². The molecule has 0 radical (unpaired) electrons. The first-order valence-electron chi connectivity index (χ1n) is 8.16. The third-order valence-electron chi connectivity index (χ3n) is 3.76. The molecule has 2 aromatic carbocycles. The van der Waals surface area contributed by atoms with E-state index in [-0.39, 0.29) is 23.7 Å². The molecule has 1 unspecified atom stereocenters. The number of nitrogens with two attached hydrogens (primary N) is 1. The number of rotatable bonds is 7. The van der Waals surface area contributed by atoms with Gasteiger partial charge in [-0.1, -0.05) is 12.1 Å². The molecule has 0 saturated heterocycles. The summed E-state index contributed by atoms with van der Waals surface area (Å²) in [4.78, 5) is 23.8. The predicted octanol–water partition coefficient (Wildman–Crippen LogP) is 2.99. The number of hydrogen-bond acceptors (Lipinski definition) is 3. The molecule has 0 spiro atoms. The Morgan fingerprint density at radius 3 is 2.32 bits per heavy atom. The van der Waals surface area contributed by atoms with E-state index in [0.717, 1.165) is 5.56 Å². The van der Waals surface area contributed by atoms with Gasteiger partial charge in [0.2, 0.25) is 5.91 Å². The number of hydrogen-bond donors (Lipinski definition) is 3. The van der Waals surface area contributed by atoms with E-state index in [1.165, 1.54) is 24.3 Å². The van der Waals surface area contributed by atoms with Crippen molar-refractivity contribution in [3.8, 4) is 0 Å². The van der Waals surface area contributed by atoms with Crippen LogP contribution in [0.3, 0.4) is 0 Å². The van der Waals surface area contributed by atoms with Crippen molar-refractivity contribution in [1.29, 1.82) is 0 Å². The summed E-state index contributed by atoms with van der Waals surface area (Å²) in [6, 6.07) is 12.4. The number of halogens is 1. The standard InChI is InChI=1S/C19H22FN3O2/c1-13(22-18(24)3-2-12-21)14-6-10-17(11-7-14)23-19(25)15-4-8-16(20)9-5-15/h4-11,13H,2-3,12,21H2,1H3,(H,22,24)(H,23,25). The number of nitrogens with one attached hydrogen (secondary N) is 2. The van der Waals surface area contributed by atoms with Crippen molar-refractivity contribution < 1.29 is 14.0 Å². The van der Waals surface area contributed by atoms with Gasteiger partial charge in [0.15, 0.2) is 0 Å². The van der Waals surface area contributed by atoms with Crippen molar-refractivity contribution in [3.63, 3.8) is 0 Å². The van der Waals surface area contributed by atoms with Crippen LogP contribution in [0.15, 0.2) is 48.5 Å². The quantitative estimate of drug-likeness (QED) is 0.722.